The van der Waals surface area contributed by atoms with Crippen LogP contribution in [-0.4, -0.2) is 76.5 Å². The van der Waals surface area contributed by atoms with Crippen LogP contribution in [0.3, 0.4) is 0 Å². The van der Waals surface area contributed by atoms with Gasteiger partial charge in [0.2, 0.25) is 0 Å². The molecule has 4 heterocycles. The predicted molar refractivity (Wildman–Crippen MR) is 146 cm³/mol. The van der Waals surface area contributed by atoms with Gasteiger partial charge >= 0.3 is 6.09 Å². The summed E-state index contributed by atoms with van der Waals surface area (Å²) in [5.41, 5.74) is 1.03. The van der Waals surface area contributed by atoms with Gasteiger partial charge in [0.05, 0.1) is 11.6 Å². The van der Waals surface area contributed by atoms with Crippen molar-refractivity contribution in [2.45, 2.75) is 70.6 Å². The molecule has 0 N–H and O–H groups in total. The van der Waals surface area contributed by atoms with Crippen molar-refractivity contribution in [3.8, 4) is 6.07 Å². The monoisotopic (exact) mass is 516 g/mol. The van der Waals surface area contributed by atoms with Gasteiger partial charge in [0, 0.05) is 62.2 Å². The van der Waals surface area contributed by atoms with Crippen LogP contribution >= 0.6 is 0 Å². The summed E-state index contributed by atoms with van der Waals surface area (Å²) in [7, 11) is 1.82. The first-order chi connectivity index (χ1) is 18.0. The van der Waals surface area contributed by atoms with E-state index in [0.717, 1.165) is 42.4 Å². The number of carbonyl (C=O) groups is 1. The third-order valence-corrected chi connectivity index (χ3v) is 7.76. The lowest BCUT2D eigenvalue weighted by molar-refractivity contribution is 0.0129. The zero-order chi connectivity index (χ0) is 27.2. The van der Waals surface area contributed by atoms with Crippen LogP contribution in [0.15, 0.2) is 29.6 Å². The number of anilines is 3. The normalized spacial score (nSPS) is 26.9. The number of rotatable bonds is 3. The molecule has 2 aromatic rings. The first-order valence-corrected chi connectivity index (χ1v) is 13.2. The van der Waals surface area contributed by atoms with E-state index in [2.05, 4.69) is 39.7 Å². The summed E-state index contributed by atoms with van der Waals surface area (Å²) in [6.45, 7) is 11.8. The second-order valence-electron chi connectivity index (χ2n) is 11.8. The molecule has 0 aromatic carbocycles. The quantitative estimate of drug-likeness (QED) is 0.561. The summed E-state index contributed by atoms with van der Waals surface area (Å²) in [5.74, 6) is 2.89. The Hall–Kier alpha value is -3.74. The minimum absolute atomic E-state index is 0.0388. The molecule has 0 bridgehead atoms. The number of aromatic nitrogens is 3. The first-order valence-electron chi connectivity index (χ1n) is 13.2. The third-order valence-electron chi connectivity index (χ3n) is 7.76. The lowest BCUT2D eigenvalue weighted by Gasteiger charge is -2.48. The number of piperazine rings is 1. The Labute approximate surface area is 224 Å². The Morgan fingerprint density at radius 1 is 1.18 bits per heavy atom. The van der Waals surface area contributed by atoms with Crippen LogP contribution in [0.2, 0.25) is 0 Å². The van der Waals surface area contributed by atoms with Crippen molar-refractivity contribution < 1.29 is 9.53 Å². The van der Waals surface area contributed by atoms with E-state index in [-0.39, 0.29) is 23.6 Å². The van der Waals surface area contributed by atoms with Gasteiger partial charge < -0.3 is 24.4 Å². The lowest BCUT2D eigenvalue weighted by atomic mass is 9.60. The van der Waals surface area contributed by atoms with Crippen LogP contribution in [0.25, 0.3) is 0 Å². The minimum atomic E-state index is -0.542. The SMILES string of the molecule is CN=CC1CC2(C1)CN(c1cc(C#N)ccn1)c1ncnc(N3C[C@@H](C)N(C(=O)OC(C)(C)C)C[C@@H]3C)c12. The Bertz CT molecular complexity index is 1290. The molecule has 5 rings (SSSR count). The van der Waals surface area contributed by atoms with E-state index in [1.807, 2.05) is 45.0 Å². The van der Waals surface area contributed by atoms with E-state index in [0.29, 0.717) is 24.6 Å². The zero-order valence-electron chi connectivity index (χ0n) is 23.0. The molecule has 3 aliphatic rings. The van der Waals surface area contributed by atoms with Crippen LogP contribution in [0, 0.1) is 17.2 Å². The van der Waals surface area contributed by atoms with Crippen molar-refractivity contribution in [1.82, 2.24) is 19.9 Å². The van der Waals surface area contributed by atoms with Gasteiger partial charge in [-0.05, 0) is 65.5 Å². The van der Waals surface area contributed by atoms with Gasteiger partial charge in [-0.15, -0.1) is 0 Å². The molecule has 2 aliphatic heterocycles. The lowest BCUT2D eigenvalue weighted by Crippen LogP contribution is -2.59. The maximum atomic E-state index is 12.9. The summed E-state index contributed by atoms with van der Waals surface area (Å²) in [5, 5.41) is 9.46. The summed E-state index contributed by atoms with van der Waals surface area (Å²) in [4.78, 5) is 37.7. The number of carbonyl (C=O) groups excluding carboxylic acids is 1. The first kappa shape index (κ1) is 25.9. The van der Waals surface area contributed by atoms with Crippen molar-refractivity contribution in [3.63, 3.8) is 0 Å². The number of amides is 1. The fourth-order valence-electron chi connectivity index (χ4n) is 6.14. The van der Waals surface area contributed by atoms with Crippen molar-refractivity contribution in [2.24, 2.45) is 10.9 Å². The van der Waals surface area contributed by atoms with Crippen molar-refractivity contribution in [3.05, 3.63) is 35.8 Å². The fourth-order valence-corrected chi connectivity index (χ4v) is 6.14. The molecule has 1 saturated heterocycles. The summed E-state index contributed by atoms with van der Waals surface area (Å²) < 4.78 is 5.68. The number of pyridine rings is 1. The number of hydrogen-bond acceptors (Lipinski definition) is 9. The van der Waals surface area contributed by atoms with Crippen LogP contribution in [0.5, 0.6) is 0 Å². The van der Waals surface area contributed by atoms with Crippen molar-refractivity contribution in [1.29, 1.82) is 5.26 Å². The highest BCUT2D eigenvalue weighted by Crippen LogP contribution is 2.58. The molecule has 1 saturated carbocycles. The average molecular weight is 517 g/mol. The highest BCUT2D eigenvalue weighted by Gasteiger charge is 2.55. The molecule has 2 atom stereocenters. The Morgan fingerprint density at radius 2 is 1.92 bits per heavy atom. The largest absolute Gasteiger partial charge is 0.444 e. The molecule has 10 nitrogen and oxygen atoms in total. The van der Waals surface area contributed by atoms with Crippen molar-refractivity contribution >= 4 is 29.8 Å². The average Bonchev–Trinajstić information content (AvgIpc) is 3.20. The highest BCUT2D eigenvalue weighted by molar-refractivity contribution is 5.77. The number of nitrogens with zero attached hydrogens (tertiary/aromatic N) is 8. The fraction of sp³-hybridized carbons (Fsp3) is 0.571. The van der Waals surface area contributed by atoms with Gasteiger partial charge in [-0.1, -0.05) is 0 Å². The van der Waals surface area contributed by atoms with E-state index >= 15 is 0 Å². The molecule has 1 amide bonds. The third kappa shape index (κ3) is 4.55. The smallest absolute Gasteiger partial charge is 0.410 e. The Morgan fingerprint density at radius 3 is 2.61 bits per heavy atom. The Kier molecular flexibility index (Phi) is 6.49. The van der Waals surface area contributed by atoms with E-state index < -0.39 is 5.60 Å². The van der Waals surface area contributed by atoms with Crippen LogP contribution in [0.4, 0.5) is 22.2 Å². The molecule has 0 radical (unpaired) electrons. The number of ether oxygens (including phenoxy) is 1. The van der Waals surface area contributed by atoms with Gasteiger partial charge in [0.15, 0.2) is 0 Å². The topological polar surface area (TPSA) is 111 Å². The van der Waals surface area contributed by atoms with Gasteiger partial charge in [0.25, 0.3) is 0 Å². The van der Waals surface area contributed by atoms with Crippen LogP contribution in [-0.2, 0) is 10.2 Å². The number of nitriles is 1. The van der Waals surface area contributed by atoms with Crippen LogP contribution < -0.4 is 9.80 Å². The van der Waals surface area contributed by atoms with Crippen molar-refractivity contribution in [2.75, 3.05) is 36.5 Å². The number of fused-ring (bicyclic) bond motifs is 2. The van der Waals surface area contributed by atoms with Gasteiger partial charge in [0.1, 0.15) is 29.4 Å². The molecule has 2 aromatic heterocycles. The zero-order valence-corrected chi connectivity index (χ0v) is 23.0. The standard InChI is InChI=1S/C28H36N8O2/c1-18-15-35(26(37)38-27(3,4)5)19(2)14-34(18)24-23-25(33-17-32-24)36(22-9-20(12-29)7-8-31-22)16-28(23)10-21(11-28)13-30-6/h7-9,13,17-19,21H,10-11,14-16H2,1-6H3/t18-,19+,21?,28?/m0/s1. The van der Waals surface area contributed by atoms with Gasteiger partial charge in [-0.25, -0.2) is 19.7 Å². The summed E-state index contributed by atoms with van der Waals surface area (Å²) in [6.07, 6.45) is 6.96. The molecule has 200 valence electrons. The van der Waals surface area contributed by atoms with E-state index in [9.17, 15) is 10.1 Å². The van der Waals surface area contributed by atoms with Gasteiger partial charge in [-0.2, -0.15) is 5.26 Å². The molecule has 1 spiro atoms. The second kappa shape index (κ2) is 9.53. The molecular formula is C28H36N8O2. The second-order valence-corrected chi connectivity index (χ2v) is 11.8. The maximum Gasteiger partial charge on any atom is 0.410 e. The van der Waals surface area contributed by atoms with Gasteiger partial charge in [-0.3, -0.25) is 0 Å². The van der Waals surface area contributed by atoms with E-state index in [1.165, 1.54) is 0 Å². The molecule has 1 aliphatic carbocycles. The number of hydrogen-bond donors (Lipinski definition) is 0. The molecule has 38 heavy (non-hydrogen) atoms. The molecule has 2 fully saturated rings. The molecular weight excluding hydrogens is 480 g/mol. The Balaban J connectivity index is 1.51. The molecule has 0 unspecified atom stereocenters. The summed E-state index contributed by atoms with van der Waals surface area (Å²) >= 11 is 0. The predicted octanol–water partition coefficient (Wildman–Crippen LogP) is 4.08. The van der Waals surface area contributed by atoms with E-state index in [1.54, 1.807) is 18.6 Å². The molecule has 10 heteroatoms. The minimum Gasteiger partial charge on any atom is -0.444 e. The van der Waals surface area contributed by atoms with E-state index in [4.69, 9.17) is 14.7 Å². The summed E-state index contributed by atoms with van der Waals surface area (Å²) in [6, 6.07) is 5.75. The van der Waals surface area contributed by atoms with Crippen LogP contribution in [0.1, 0.15) is 58.6 Å². The number of aliphatic imine (C=N–C) groups is 1. The maximum absolute atomic E-state index is 12.9. The highest BCUT2D eigenvalue weighted by atomic mass is 16.6.